The Labute approximate surface area is 155 Å². The second kappa shape index (κ2) is 8.05. The molecule has 2 N–H and O–H groups in total. The van der Waals surface area contributed by atoms with E-state index in [9.17, 15) is 10.2 Å². The third-order valence-corrected chi connectivity index (χ3v) is 4.72. The van der Waals surface area contributed by atoms with Crippen LogP contribution in [0.3, 0.4) is 0 Å². The number of pyridine rings is 1. The van der Waals surface area contributed by atoms with E-state index in [0.717, 1.165) is 48.1 Å². The van der Waals surface area contributed by atoms with Crippen LogP contribution < -0.4 is 0 Å². The third-order valence-electron chi connectivity index (χ3n) is 4.72. The molecule has 0 aliphatic rings. The number of phenols is 2. The van der Waals surface area contributed by atoms with Crippen molar-refractivity contribution >= 4 is 0 Å². The van der Waals surface area contributed by atoms with Crippen LogP contribution in [0.4, 0.5) is 0 Å². The number of aromatic hydroxyl groups is 2. The quantitative estimate of drug-likeness (QED) is 0.598. The molecule has 0 aliphatic carbocycles. The summed E-state index contributed by atoms with van der Waals surface area (Å²) >= 11 is 0. The summed E-state index contributed by atoms with van der Waals surface area (Å²) in [7, 11) is 0. The number of hydrogen-bond donors (Lipinski definition) is 2. The minimum absolute atomic E-state index is 0.262. The molecule has 3 heteroatoms. The van der Waals surface area contributed by atoms with E-state index in [-0.39, 0.29) is 11.5 Å². The molecule has 1 aromatic heterocycles. The van der Waals surface area contributed by atoms with Crippen LogP contribution in [0, 0.1) is 0 Å². The predicted octanol–water partition coefficient (Wildman–Crippen LogP) is 5.73. The van der Waals surface area contributed by atoms with Crippen LogP contribution in [-0.2, 0) is 12.8 Å². The normalized spacial score (nSPS) is 10.8. The number of rotatable bonds is 6. The molecule has 134 valence electrons. The molecule has 2 aromatic carbocycles. The van der Waals surface area contributed by atoms with Gasteiger partial charge in [0.25, 0.3) is 0 Å². The molecule has 0 saturated heterocycles. The molecule has 0 radical (unpaired) electrons. The van der Waals surface area contributed by atoms with Gasteiger partial charge in [0.1, 0.15) is 11.5 Å². The second-order valence-electron chi connectivity index (χ2n) is 6.52. The summed E-state index contributed by atoms with van der Waals surface area (Å²) in [6.07, 6.45) is 6.00. The highest BCUT2D eigenvalue weighted by molar-refractivity contribution is 5.79. The highest BCUT2D eigenvalue weighted by atomic mass is 16.3. The van der Waals surface area contributed by atoms with Crippen LogP contribution >= 0.6 is 0 Å². The first-order chi connectivity index (χ1) is 12.6. The summed E-state index contributed by atoms with van der Waals surface area (Å²) in [5, 5.41) is 19.3. The summed E-state index contributed by atoms with van der Waals surface area (Å²) in [5.74, 6) is 0.530. The molecular formula is C23H25NO2. The van der Waals surface area contributed by atoms with Gasteiger partial charge in [0.05, 0.1) is 0 Å². The summed E-state index contributed by atoms with van der Waals surface area (Å²) < 4.78 is 0. The zero-order valence-electron chi connectivity index (χ0n) is 15.4. The molecule has 0 saturated carbocycles. The van der Waals surface area contributed by atoms with E-state index in [1.807, 2.05) is 30.5 Å². The first kappa shape index (κ1) is 18.0. The highest BCUT2D eigenvalue weighted by Crippen LogP contribution is 2.36. The van der Waals surface area contributed by atoms with E-state index >= 15 is 0 Å². The monoisotopic (exact) mass is 347 g/mol. The van der Waals surface area contributed by atoms with Gasteiger partial charge in [0.2, 0.25) is 0 Å². The number of phenolic OH excluding ortho intramolecular Hbond substituents is 2. The zero-order valence-corrected chi connectivity index (χ0v) is 15.4. The van der Waals surface area contributed by atoms with Gasteiger partial charge < -0.3 is 10.2 Å². The first-order valence-electron chi connectivity index (χ1n) is 9.23. The van der Waals surface area contributed by atoms with Gasteiger partial charge in [-0.1, -0.05) is 44.5 Å². The minimum atomic E-state index is 0.262. The topological polar surface area (TPSA) is 53.4 Å². The van der Waals surface area contributed by atoms with Crippen molar-refractivity contribution in [2.45, 2.75) is 39.5 Å². The van der Waals surface area contributed by atoms with Gasteiger partial charge in [-0.25, -0.2) is 0 Å². The van der Waals surface area contributed by atoms with Crippen LogP contribution in [0.5, 0.6) is 11.5 Å². The summed E-state index contributed by atoms with van der Waals surface area (Å²) in [6.45, 7) is 4.35. The maximum atomic E-state index is 9.66. The minimum Gasteiger partial charge on any atom is -0.508 e. The van der Waals surface area contributed by atoms with Crippen LogP contribution in [0.25, 0.3) is 22.3 Å². The van der Waals surface area contributed by atoms with Crippen molar-refractivity contribution < 1.29 is 10.2 Å². The fraction of sp³-hybridized carbons (Fsp3) is 0.261. The average molecular weight is 347 g/mol. The van der Waals surface area contributed by atoms with Gasteiger partial charge in [-0.15, -0.1) is 0 Å². The first-order valence-corrected chi connectivity index (χ1v) is 9.23. The molecule has 0 amide bonds. The maximum Gasteiger partial charge on any atom is 0.115 e. The Kier molecular flexibility index (Phi) is 5.57. The van der Waals surface area contributed by atoms with E-state index in [0.29, 0.717) is 0 Å². The third kappa shape index (κ3) is 3.72. The number of aryl methyl sites for hydroxylation is 1. The van der Waals surface area contributed by atoms with Crippen molar-refractivity contribution in [1.29, 1.82) is 0 Å². The predicted molar refractivity (Wildman–Crippen MR) is 106 cm³/mol. The molecule has 26 heavy (non-hydrogen) atoms. The number of benzene rings is 2. The SMILES string of the molecule is CCCCc1ncc(-c2ccc(O)cc2)c(CC)c1-c1ccc(O)cc1. The van der Waals surface area contributed by atoms with E-state index in [2.05, 4.69) is 13.8 Å². The lowest BCUT2D eigenvalue weighted by Gasteiger charge is -2.18. The Morgan fingerprint density at radius 3 is 1.92 bits per heavy atom. The van der Waals surface area contributed by atoms with Gasteiger partial charge >= 0.3 is 0 Å². The van der Waals surface area contributed by atoms with Crippen LogP contribution in [-0.4, -0.2) is 15.2 Å². The average Bonchev–Trinajstić information content (AvgIpc) is 2.67. The Morgan fingerprint density at radius 1 is 0.808 bits per heavy atom. The lowest BCUT2D eigenvalue weighted by molar-refractivity contribution is 0.475. The van der Waals surface area contributed by atoms with Crippen molar-refractivity contribution in [1.82, 2.24) is 4.98 Å². The molecule has 0 aliphatic heterocycles. The van der Waals surface area contributed by atoms with E-state index in [1.54, 1.807) is 24.3 Å². The number of aromatic nitrogens is 1. The van der Waals surface area contributed by atoms with Crippen molar-refractivity contribution in [2.24, 2.45) is 0 Å². The van der Waals surface area contributed by atoms with Crippen molar-refractivity contribution in [3.8, 4) is 33.8 Å². The van der Waals surface area contributed by atoms with Crippen LogP contribution in [0.1, 0.15) is 37.9 Å². The molecule has 3 rings (SSSR count). The highest BCUT2D eigenvalue weighted by Gasteiger charge is 2.16. The van der Waals surface area contributed by atoms with Crippen molar-refractivity contribution in [3.63, 3.8) is 0 Å². The number of nitrogens with zero attached hydrogens (tertiary/aromatic N) is 1. The Bertz CT molecular complexity index is 868. The molecule has 0 spiro atoms. The molecular weight excluding hydrogens is 322 g/mol. The van der Waals surface area contributed by atoms with Gasteiger partial charge in [0, 0.05) is 23.0 Å². The Morgan fingerprint density at radius 2 is 1.38 bits per heavy atom. The summed E-state index contributed by atoms with van der Waals surface area (Å²) in [4.78, 5) is 4.80. The maximum absolute atomic E-state index is 9.66. The van der Waals surface area contributed by atoms with Crippen molar-refractivity contribution in [3.05, 3.63) is 66.0 Å². The smallest absolute Gasteiger partial charge is 0.115 e. The van der Waals surface area contributed by atoms with Gasteiger partial charge in [-0.05, 0) is 60.2 Å². The van der Waals surface area contributed by atoms with E-state index < -0.39 is 0 Å². The second-order valence-corrected chi connectivity index (χ2v) is 6.52. The molecule has 3 aromatic rings. The van der Waals surface area contributed by atoms with E-state index in [4.69, 9.17) is 4.98 Å². The molecule has 3 nitrogen and oxygen atoms in total. The Hall–Kier alpha value is -2.81. The van der Waals surface area contributed by atoms with Gasteiger partial charge in [0.15, 0.2) is 0 Å². The standard InChI is InChI=1S/C23H25NO2/c1-3-5-6-22-23(17-9-13-19(26)14-10-17)20(4-2)21(15-24-22)16-7-11-18(25)12-8-16/h7-15,25-26H,3-6H2,1-2H3. The van der Waals surface area contributed by atoms with E-state index in [1.165, 1.54) is 11.1 Å². The molecule has 0 bridgehead atoms. The fourth-order valence-electron chi connectivity index (χ4n) is 3.35. The Balaban J connectivity index is 2.20. The van der Waals surface area contributed by atoms with Gasteiger partial charge in [-0.2, -0.15) is 0 Å². The zero-order chi connectivity index (χ0) is 18.5. The molecule has 0 fully saturated rings. The van der Waals surface area contributed by atoms with Crippen LogP contribution in [0.15, 0.2) is 54.7 Å². The van der Waals surface area contributed by atoms with Gasteiger partial charge in [-0.3, -0.25) is 4.98 Å². The number of unbranched alkanes of at least 4 members (excludes halogenated alkanes) is 1. The summed E-state index contributed by atoms with van der Waals surface area (Å²) in [6, 6.07) is 14.6. The van der Waals surface area contributed by atoms with Crippen molar-refractivity contribution in [2.75, 3.05) is 0 Å². The molecule has 1 heterocycles. The largest absolute Gasteiger partial charge is 0.508 e. The lowest BCUT2D eigenvalue weighted by Crippen LogP contribution is -2.02. The number of hydrogen-bond acceptors (Lipinski definition) is 3. The lowest BCUT2D eigenvalue weighted by atomic mass is 9.89. The molecule has 0 unspecified atom stereocenters. The van der Waals surface area contributed by atoms with Crippen LogP contribution in [0.2, 0.25) is 0 Å². The molecule has 0 atom stereocenters. The summed E-state index contributed by atoms with van der Waals surface area (Å²) in [5.41, 5.74) is 6.76. The fourth-order valence-corrected chi connectivity index (χ4v) is 3.35.